The fourth-order valence-electron chi connectivity index (χ4n) is 3.40. The first-order valence-corrected chi connectivity index (χ1v) is 9.00. The molecule has 1 aliphatic rings. The van der Waals surface area contributed by atoms with Crippen molar-refractivity contribution in [2.75, 3.05) is 18.0 Å². The number of hydrogen-bond acceptors (Lipinski definition) is 3. The lowest BCUT2D eigenvalue weighted by molar-refractivity contribution is 0.619. The highest BCUT2D eigenvalue weighted by molar-refractivity contribution is 5.77. The molecule has 1 aliphatic heterocycles. The first-order valence-electron chi connectivity index (χ1n) is 9.00. The van der Waals surface area contributed by atoms with Crippen LogP contribution in [-0.4, -0.2) is 18.1 Å². The maximum absolute atomic E-state index is 5.96. The van der Waals surface area contributed by atoms with Crippen LogP contribution in [0.5, 0.6) is 0 Å². The number of fused-ring (bicyclic) bond motifs is 1. The molecule has 0 amide bonds. The van der Waals surface area contributed by atoms with Gasteiger partial charge in [0, 0.05) is 24.3 Å². The number of benzene rings is 2. The third kappa shape index (κ3) is 2.79. The Kier molecular flexibility index (Phi) is 4.01. The fraction of sp³-hybridized carbons (Fsp3) is 0.381. The van der Waals surface area contributed by atoms with Crippen molar-refractivity contribution in [3.05, 3.63) is 48.0 Å². The molecule has 1 atom stereocenters. The van der Waals surface area contributed by atoms with Gasteiger partial charge in [0.15, 0.2) is 5.58 Å². The van der Waals surface area contributed by atoms with Crippen molar-refractivity contribution in [2.45, 2.75) is 39.0 Å². The van der Waals surface area contributed by atoms with E-state index in [2.05, 4.69) is 55.1 Å². The van der Waals surface area contributed by atoms with E-state index >= 15 is 0 Å². The number of oxazole rings is 1. The van der Waals surface area contributed by atoms with E-state index in [1.165, 1.54) is 37.2 Å². The lowest BCUT2D eigenvalue weighted by Crippen LogP contribution is -2.17. The lowest BCUT2D eigenvalue weighted by atomic mass is 9.98. The van der Waals surface area contributed by atoms with Crippen LogP contribution in [0.2, 0.25) is 0 Å². The van der Waals surface area contributed by atoms with Crippen LogP contribution < -0.4 is 4.90 Å². The summed E-state index contributed by atoms with van der Waals surface area (Å²) in [6.07, 6.45) is 3.73. The minimum absolute atomic E-state index is 0.550. The molecule has 0 aliphatic carbocycles. The molecule has 0 N–H and O–H groups in total. The van der Waals surface area contributed by atoms with E-state index < -0.39 is 0 Å². The van der Waals surface area contributed by atoms with Gasteiger partial charge in [-0.05, 0) is 67.1 Å². The van der Waals surface area contributed by atoms with Crippen LogP contribution in [0, 0.1) is 0 Å². The zero-order valence-electron chi connectivity index (χ0n) is 14.5. The highest BCUT2D eigenvalue weighted by Gasteiger charge is 2.14. The molecule has 4 rings (SSSR count). The predicted octanol–water partition coefficient (Wildman–Crippen LogP) is 5.61. The van der Waals surface area contributed by atoms with Gasteiger partial charge in [-0.2, -0.15) is 0 Å². The van der Waals surface area contributed by atoms with Gasteiger partial charge in [0.05, 0.1) is 0 Å². The van der Waals surface area contributed by atoms with Crippen molar-refractivity contribution in [3.8, 4) is 11.5 Å². The average Bonchev–Trinajstić information content (AvgIpc) is 3.30. The molecule has 1 fully saturated rings. The van der Waals surface area contributed by atoms with Crippen LogP contribution in [0.4, 0.5) is 5.69 Å². The summed E-state index contributed by atoms with van der Waals surface area (Å²) in [5.41, 5.74) is 5.48. The Balaban J connectivity index is 1.63. The van der Waals surface area contributed by atoms with Crippen LogP contribution in [0.3, 0.4) is 0 Å². The predicted molar refractivity (Wildman–Crippen MR) is 99.6 cm³/mol. The largest absolute Gasteiger partial charge is 0.436 e. The summed E-state index contributed by atoms with van der Waals surface area (Å²) in [4.78, 5) is 7.15. The molecule has 0 spiro atoms. The van der Waals surface area contributed by atoms with E-state index in [1.54, 1.807) is 0 Å². The molecule has 24 heavy (non-hydrogen) atoms. The number of nitrogens with zero attached hydrogens (tertiary/aromatic N) is 2. The summed E-state index contributed by atoms with van der Waals surface area (Å²) >= 11 is 0. The summed E-state index contributed by atoms with van der Waals surface area (Å²) in [6, 6.07) is 15.0. The SMILES string of the molecule is CCC(C)c1ccc2oc(-c3ccc(N4CCCC4)cc3)nc2c1. The Morgan fingerprint density at radius 2 is 1.83 bits per heavy atom. The zero-order valence-corrected chi connectivity index (χ0v) is 14.5. The van der Waals surface area contributed by atoms with Crippen LogP contribution in [0.15, 0.2) is 46.9 Å². The molecule has 2 aromatic carbocycles. The van der Waals surface area contributed by atoms with Gasteiger partial charge in [-0.15, -0.1) is 0 Å². The highest BCUT2D eigenvalue weighted by Crippen LogP contribution is 2.29. The summed E-state index contributed by atoms with van der Waals surface area (Å²) in [5.74, 6) is 1.26. The zero-order chi connectivity index (χ0) is 16.5. The lowest BCUT2D eigenvalue weighted by Gasteiger charge is -2.17. The van der Waals surface area contributed by atoms with Crippen LogP contribution in [-0.2, 0) is 0 Å². The Bertz CT molecular complexity index is 829. The van der Waals surface area contributed by atoms with Crippen molar-refractivity contribution in [3.63, 3.8) is 0 Å². The van der Waals surface area contributed by atoms with E-state index in [-0.39, 0.29) is 0 Å². The van der Waals surface area contributed by atoms with E-state index in [0.717, 1.165) is 23.1 Å². The number of anilines is 1. The van der Waals surface area contributed by atoms with E-state index in [9.17, 15) is 0 Å². The van der Waals surface area contributed by atoms with Crippen molar-refractivity contribution in [1.29, 1.82) is 0 Å². The molecule has 2 heterocycles. The number of hydrogen-bond donors (Lipinski definition) is 0. The van der Waals surface area contributed by atoms with Crippen LogP contribution in [0.25, 0.3) is 22.6 Å². The van der Waals surface area contributed by atoms with Crippen molar-refractivity contribution < 1.29 is 4.42 Å². The molecule has 1 saturated heterocycles. The molecular formula is C21H24N2O. The summed E-state index contributed by atoms with van der Waals surface area (Å²) < 4.78 is 5.96. The van der Waals surface area contributed by atoms with Gasteiger partial charge in [0.2, 0.25) is 5.89 Å². The average molecular weight is 320 g/mol. The Morgan fingerprint density at radius 1 is 1.08 bits per heavy atom. The van der Waals surface area contributed by atoms with Crippen LogP contribution >= 0.6 is 0 Å². The summed E-state index contributed by atoms with van der Waals surface area (Å²) in [5, 5.41) is 0. The van der Waals surface area contributed by atoms with Gasteiger partial charge in [-0.3, -0.25) is 0 Å². The minimum Gasteiger partial charge on any atom is -0.436 e. The third-order valence-electron chi connectivity index (χ3n) is 5.18. The molecule has 1 unspecified atom stereocenters. The number of rotatable bonds is 4. The standard InChI is InChI=1S/C21H24N2O/c1-3-15(2)17-8-11-20-19(14-17)22-21(24-20)16-6-9-18(10-7-16)23-12-4-5-13-23/h6-11,14-15H,3-5,12-13H2,1-2H3. The van der Waals surface area contributed by atoms with E-state index in [1.807, 2.05) is 6.07 Å². The van der Waals surface area contributed by atoms with Gasteiger partial charge < -0.3 is 9.32 Å². The maximum Gasteiger partial charge on any atom is 0.227 e. The molecule has 0 saturated carbocycles. The Morgan fingerprint density at radius 3 is 2.54 bits per heavy atom. The monoisotopic (exact) mass is 320 g/mol. The second kappa shape index (κ2) is 6.31. The smallest absolute Gasteiger partial charge is 0.227 e. The van der Waals surface area contributed by atoms with Crippen molar-refractivity contribution in [1.82, 2.24) is 4.98 Å². The van der Waals surface area contributed by atoms with Gasteiger partial charge in [-0.25, -0.2) is 4.98 Å². The van der Waals surface area contributed by atoms with E-state index in [0.29, 0.717) is 11.8 Å². The van der Waals surface area contributed by atoms with Gasteiger partial charge in [-0.1, -0.05) is 19.9 Å². The molecular weight excluding hydrogens is 296 g/mol. The molecule has 124 valence electrons. The first-order chi connectivity index (χ1) is 11.7. The molecule has 3 heteroatoms. The molecule has 1 aromatic heterocycles. The second-order valence-corrected chi connectivity index (χ2v) is 6.80. The second-order valence-electron chi connectivity index (χ2n) is 6.80. The summed E-state index contributed by atoms with van der Waals surface area (Å²) in [6.45, 7) is 6.80. The van der Waals surface area contributed by atoms with Gasteiger partial charge in [0.25, 0.3) is 0 Å². The topological polar surface area (TPSA) is 29.3 Å². The Hall–Kier alpha value is -2.29. The van der Waals surface area contributed by atoms with Gasteiger partial charge in [0.1, 0.15) is 5.52 Å². The van der Waals surface area contributed by atoms with E-state index in [4.69, 9.17) is 9.40 Å². The van der Waals surface area contributed by atoms with Crippen molar-refractivity contribution >= 4 is 16.8 Å². The fourth-order valence-corrected chi connectivity index (χ4v) is 3.40. The third-order valence-corrected chi connectivity index (χ3v) is 5.18. The molecule has 3 nitrogen and oxygen atoms in total. The Labute approximate surface area is 143 Å². The molecule has 0 bridgehead atoms. The van der Waals surface area contributed by atoms with Gasteiger partial charge >= 0.3 is 0 Å². The molecule has 0 radical (unpaired) electrons. The highest BCUT2D eigenvalue weighted by atomic mass is 16.3. The summed E-state index contributed by atoms with van der Waals surface area (Å²) in [7, 11) is 0. The molecule has 3 aromatic rings. The van der Waals surface area contributed by atoms with Crippen LogP contribution in [0.1, 0.15) is 44.6 Å². The van der Waals surface area contributed by atoms with Crippen molar-refractivity contribution in [2.24, 2.45) is 0 Å². The quantitative estimate of drug-likeness (QED) is 0.626. The normalized spacial score (nSPS) is 16.0. The first kappa shape index (κ1) is 15.3. The maximum atomic E-state index is 5.96. The number of aromatic nitrogens is 1. The minimum atomic E-state index is 0.550.